The zero-order valence-electron chi connectivity index (χ0n) is 39.4. The minimum absolute atomic E-state index is 0.00350. The van der Waals surface area contributed by atoms with Gasteiger partial charge in [-0.2, -0.15) is 0 Å². The van der Waals surface area contributed by atoms with E-state index < -0.39 is 0 Å². The highest BCUT2D eigenvalue weighted by atomic mass is 35.5. The monoisotopic (exact) mass is 966 g/mol. The molecule has 1 unspecified atom stereocenters. The van der Waals surface area contributed by atoms with Crippen molar-refractivity contribution in [1.29, 1.82) is 0 Å². The van der Waals surface area contributed by atoms with Gasteiger partial charge >= 0.3 is 5.91 Å². The molecule has 3 atom stereocenters. The molecular formula is C52H63ClN6O10. The summed E-state index contributed by atoms with van der Waals surface area (Å²) < 4.78 is 33.4. The third-order valence-electron chi connectivity index (χ3n) is 11.7. The van der Waals surface area contributed by atoms with Crippen LogP contribution in [0.2, 0.25) is 5.02 Å². The van der Waals surface area contributed by atoms with E-state index in [1.807, 2.05) is 77.7 Å². The van der Waals surface area contributed by atoms with Crippen LogP contribution in [0, 0.1) is 6.57 Å². The maximum Gasteiger partial charge on any atom is 0.303 e. The van der Waals surface area contributed by atoms with Crippen LogP contribution < -0.4 is 25.6 Å². The lowest BCUT2D eigenvalue weighted by atomic mass is 9.88. The van der Waals surface area contributed by atoms with Crippen LogP contribution in [0.5, 0.6) is 5.75 Å². The highest BCUT2D eigenvalue weighted by Crippen LogP contribution is 2.41. The smallest absolute Gasteiger partial charge is 0.303 e. The molecule has 0 radical (unpaired) electrons. The van der Waals surface area contributed by atoms with Crippen molar-refractivity contribution in [3.63, 3.8) is 0 Å². The second-order valence-electron chi connectivity index (χ2n) is 16.6. The van der Waals surface area contributed by atoms with Gasteiger partial charge in [0.1, 0.15) is 5.75 Å². The fourth-order valence-corrected chi connectivity index (χ4v) is 8.49. The summed E-state index contributed by atoms with van der Waals surface area (Å²) in [5.74, 6) is -0.0362. The van der Waals surface area contributed by atoms with Crippen molar-refractivity contribution in [1.82, 2.24) is 15.5 Å². The molecule has 16 nitrogen and oxygen atoms in total. The predicted octanol–water partition coefficient (Wildman–Crippen LogP) is 6.90. The number of fused-ring (bicyclic) bond motifs is 1. The number of nitrogens with one attached hydrogen (secondary N) is 3. The van der Waals surface area contributed by atoms with E-state index in [1.54, 1.807) is 24.0 Å². The quantitative estimate of drug-likeness (QED) is 0.0420. The van der Waals surface area contributed by atoms with Gasteiger partial charge < -0.3 is 59.0 Å². The summed E-state index contributed by atoms with van der Waals surface area (Å²) in [6, 6.07) is 28.6. The van der Waals surface area contributed by atoms with Gasteiger partial charge in [0.15, 0.2) is 6.61 Å². The Labute approximate surface area is 409 Å². The number of halogens is 1. The molecule has 4 amide bonds. The highest BCUT2D eigenvalue weighted by molar-refractivity contribution is 6.30. The van der Waals surface area contributed by atoms with E-state index in [-0.39, 0.29) is 54.9 Å². The molecule has 4 aromatic rings. The molecular weight excluding hydrogens is 904 g/mol. The van der Waals surface area contributed by atoms with Crippen LogP contribution in [0.1, 0.15) is 66.7 Å². The molecule has 2 aliphatic rings. The minimum Gasteiger partial charge on any atom is -0.484 e. The topological polar surface area (TPSA) is 171 Å². The molecule has 6 rings (SSSR count). The van der Waals surface area contributed by atoms with Crippen LogP contribution in [-0.4, -0.2) is 133 Å². The average Bonchev–Trinajstić information content (AvgIpc) is 3.85. The Morgan fingerprint density at radius 1 is 0.739 bits per heavy atom. The maximum absolute atomic E-state index is 12.9. The van der Waals surface area contributed by atoms with Gasteiger partial charge in [-0.15, -0.1) is 0 Å². The number of likely N-dealkylation sites (tertiary alicyclic amines) is 1. The van der Waals surface area contributed by atoms with Gasteiger partial charge in [0.05, 0.1) is 78.2 Å². The number of hydrogen-bond acceptors (Lipinski definition) is 11. The summed E-state index contributed by atoms with van der Waals surface area (Å²) >= 11 is 6.12. The normalized spacial score (nSPS) is 16.3. The van der Waals surface area contributed by atoms with Crippen LogP contribution in [0.25, 0.3) is 16.0 Å². The number of nitrogens with zero attached hydrogens (tertiary/aromatic N) is 3. The summed E-state index contributed by atoms with van der Waals surface area (Å²) in [4.78, 5) is 56.8. The summed E-state index contributed by atoms with van der Waals surface area (Å²) in [6.07, 6.45) is 2.50. The van der Waals surface area contributed by atoms with Crippen molar-refractivity contribution in [2.24, 2.45) is 0 Å². The molecule has 3 N–H and O–H groups in total. The van der Waals surface area contributed by atoms with Gasteiger partial charge in [-0.05, 0) is 109 Å². The largest absolute Gasteiger partial charge is 0.484 e. The Morgan fingerprint density at radius 2 is 1.33 bits per heavy atom. The summed E-state index contributed by atoms with van der Waals surface area (Å²) in [5.41, 5.74) is 6.35. The first kappa shape index (κ1) is 52.3. The van der Waals surface area contributed by atoms with Gasteiger partial charge in [-0.3, -0.25) is 19.2 Å². The highest BCUT2D eigenvalue weighted by Gasteiger charge is 2.33. The lowest BCUT2D eigenvalue weighted by Gasteiger charge is -2.39. The number of benzene rings is 4. The number of carbonyl (C=O) groups excluding carboxylic acids is 4. The molecule has 0 spiro atoms. The number of rotatable bonds is 27. The SMILES string of the molecule is [C-]#[N+]CC(=O)N1CCCC1c1ccc(OCC(=O)NCCOCCOCCOCCOCCOCCNC(=O)c2ccc(-c3ccc4c(c3)[C@H](Nc3ccc(Cl)cc3)C[C@H](C)N4C(C)=O)cc2)cc1. The Bertz CT molecular complexity index is 2310. The van der Waals surface area contributed by atoms with Gasteiger partial charge in [-0.25, -0.2) is 6.57 Å². The molecule has 1 fully saturated rings. The van der Waals surface area contributed by atoms with E-state index in [9.17, 15) is 19.2 Å². The number of ether oxygens (including phenoxy) is 6. The first-order valence-corrected chi connectivity index (χ1v) is 23.8. The van der Waals surface area contributed by atoms with E-state index in [4.69, 9.17) is 46.6 Å². The van der Waals surface area contributed by atoms with Crippen molar-refractivity contribution in [3.8, 4) is 16.9 Å². The lowest BCUT2D eigenvalue weighted by molar-refractivity contribution is -0.130. The number of carbonyl (C=O) groups is 4. The van der Waals surface area contributed by atoms with E-state index >= 15 is 0 Å². The van der Waals surface area contributed by atoms with Crippen molar-refractivity contribution in [2.45, 2.75) is 51.2 Å². The lowest BCUT2D eigenvalue weighted by Crippen LogP contribution is -2.43. The molecule has 0 aromatic heterocycles. The Balaban J connectivity index is 0.738. The standard InChI is InChI=1S/C52H63ClN6O10/c1-37-33-47(57-44-15-13-43(53)14-16-44)46-34-42(12-19-49(46)59(37)38(2)60)39-6-8-41(9-7-39)52(63)56-21-24-65-26-28-67-30-32-68-31-29-66-27-25-64-23-20-55-50(61)36-69-45-17-10-40(11-18-45)48-5-4-22-58(48)51(62)35-54-3/h6-19,34,37,47-48,57H,4-5,20-33,35-36H2,1-2H3,(H,55,61)(H,56,63)/t37-,47+,48?/m0/s1. The van der Waals surface area contributed by atoms with Crippen LogP contribution in [0.3, 0.4) is 0 Å². The number of hydrogen-bond donors (Lipinski definition) is 3. The van der Waals surface area contributed by atoms with Gasteiger partial charge in [0.2, 0.25) is 5.91 Å². The first-order valence-electron chi connectivity index (χ1n) is 23.5. The molecule has 69 heavy (non-hydrogen) atoms. The van der Waals surface area contributed by atoms with E-state index in [2.05, 4.69) is 33.8 Å². The minimum atomic E-state index is -0.261. The molecule has 2 aliphatic heterocycles. The summed E-state index contributed by atoms with van der Waals surface area (Å²) in [5, 5.41) is 9.96. The number of amides is 4. The zero-order chi connectivity index (χ0) is 48.8. The summed E-state index contributed by atoms with van der Waals surface area (Å²) in [7, 11) is 0. The molecule has 1 saturated heterocycles. The molecule has 0 aliphatic carbocycles. The Morgan fingerprint density at radius 3 is 1.94 bits per heavy atom. The van der Waals surface area contributed by atoms with Crippen molar-refractivity contribution < 1.29 is 47.6 Å². The third-order valence-corrected chi connectivity index (χ3v) is 11.9. The van der Waals surface area contributed by atoms with Gasteiger partial charge in [0.25, 0.3) is 18.4 Å². The van der Waals surface area contributed by atoms with Crippen molar-refractivity contribution in [2.75, 3.05) is 109 Å². The van der Waals surface area contributed by atoms with Crippen LogP contribution in [0.15, 0.2) is 91.0 Å². The molecule has 0 saturated carbocycles. The Hall–Kier alpha value is -6.06. The molecule has 0 bridgehead atoms. The van der Waals surface area contributed by atoms with Crippen molar-refractivity contribution >= 4 is 46.6 Å². The van der Waals surface area contributed by atoms with Crippen LogP contribution >= 0.6 is 11.6 Å². The number of anilines is 2. The average molecular weight is 968 g/mol. The third kappa shape index (κ3) is 16.3. The molecule has 4 aromatic carbocycles. The fraction of sp³-hybridized carbons (Fsp3) is 0.442. The van der Waals surface area contributed by atoms with Crippen LogP contribution in [0.4, 0.5) is 11.4 Å². The fourth-order valence-electron chi connectivity index (χ4n) is 8.36. The van der Waals surface area contributed by atoms with E-state index in [0.29, 0.717) is 102 Å². The molecule has 17 heteroatoms. The molecule has 2 heterocycles. The summed E-state index contributed by atoms with van der Waals surface area (Å²) in [6.45, 7) is 15.6. The first-order chi connectivity index (χ1) is 33.6. The second-order valence-corrected chi connectivity index (χ2v) is 17.1. The van der Waals surface area contributed by atoms with Gasteiger partial charge in [0, 0.05) is 54.6 Å². The molecule has 368 valence electrons. The Kier molecular flexibility index (Phi) is 21.1. The second kappa shape index (κ2) is 27.8. The zero-order valence-corrected chi connectivity index (χ0v) is 40.2. The maximum atomic E-state index is 12.9. The van der Waals surface area contributed by atoms with E-state index in [0.717, 1.165) is 52.9 Å². The van der Waals surface area contributed by atoms with Gasteiger partial charge in [-0.1, -0.05) is 41.9 Å². The van der Waals surface area contributed by atoms with Crippen molar-refractivity contribution in [3.05, 3.63) is 124 Å². The predicted molar refractivity (Wildman–Crippen MR) is 263 cm³/mol. The van der Waals surface area contributed by atoms with Crippen LogP contribution in [-0.2, 0) is 38.1 Å². The van der Waals surface area contributed by atoms with E-state index in [1.165, 1.54) is 0 Å².